The molecule has 0 saturated heterocycles. The number of rotatable bonds is 6. The standard InChI is InChI=1S/2C14H16O3S.Ca/c2*1-3-10-9-14(18(15,16)17)11(4-2)13-8-6-5-7-12(10)13;/h2*5-9H,3-4H2,1-2H3,(H,15,16,17);/q;;+2/p-2. The maximum absolute atomic E-state index is 11.4. The number of benzene rings is 4. The first-order chi connectivity index (χ1) is 17.0. The molecule has 0 saturated carbocycles. The predicted molar refractivity (Wildman–Crippen MR) is 147 cm³/mol. The fraction of sp³-hybridized carbons (Fsp3) is 0.286. The van der Waals surface area contributed by atoms with Crippen LogP contribution < -0.4 is 0 Å². The van der Waals surface area contributed by atoms with E-state index in [0.29, 0.717) is 36.8 Å². The summed E-state index contributed by atoms with van der Waals surface area (Å²) in [6.07, 6.45) is 2.46. The van der Waals surface area contributed by atoms with E-state index < -0.39 is 20.2 Å². The van der Waals surface area contributed by atoms with Crippen LogP contribution in [0.15, 0.2) is 70.5 Å². The van der Waals surface area contributed by atoms with E-state index in [9.17, 15) is 25.9 Å². The smallest absolute Gasteiger partial charge is 0.744 e. The van der Waals surface area contributed by atoms with Crippen LogP contribution in [0.5, 0.6) is 0 Å². The SMILES string of the molecule is CCc1cc(S(=O)(=O)[O-])c(CC)c2ccccc12.CCc1cc(S(=O)(=O)[O-])c(CC)c2ccccc12.[Ca+2]. The van der Waals surface area contributed by atoms with E-state index in [-0.39, 0.29) is 47.5 Å². The van der Waals surface area contributed by atoms with Crippen LogP contribution in [-0.2, 0) is 45.9 Å². The van der Waals surface area contributed by atoms with Gasteiger partial charge in [-0.25, -0.2) is 16.8 Å². The van der Waals surface area contributed by atoms with Gasteiger partial charge in [0.25, 0.3) is 0 Å². The molecule has 37 heavy (non-hydrogen) atoms. The van der Waals surface area contributed by atoms with E-state index in [0.717, 1.165) is 32.7 Å². The third-order valence-corrected chi connectivity index (χ3v) is 8.22. The van der Waals surface area contributed by atoms with E-state index in [2.05, 4.69) is 0 Å². The Morgan fingerprint density at radius 3 is 1.08 bits per heavy atom. The van der Waals surface area contributed by atoms with Crippen LogP contribution in [-0.4, -0.2) is 63.7 Å². The zero-order valence-corrected chi connectivity index (χ0v) is 25.4. The van der Waals surface area contributed by atoms with E-state index in [1.54, 1.807) is 0 Å². The fourth-order valence-corrected chi connectivity index (χ4v) is 6.41. The maximum atomic E-state index is 11.4. The Morgan fingerprint density at radius 2 is 0.838 bits per heavy atom. The van der Waals surface area contributed by atoms with Gasteiger partial charge < -0.3 is 9.11 Å². The first-order valence-electron chi connectivity index (χ1n) is 12.0. The van der Waals surface area contributed by atoms with Gasteiger partial charge in [-0.1, -0.05) is 76.2 Å². The molecule has 4 aromatic carbocycles. The Kier molecular flexibility index (Phi) is 11.2. The summed E-state index contributed by atoms with van der Waals surface area (Å²) in [7, 11) is -8.84. The largest absolute Gasteiger partial charge is 2.00 e. The summed E-state index contributed by atoms with van der Waals surface area (Å²) < 4.78 is 68.2. The molecule has 0 aromatic heterocycles. The van der Waals surface area contributed by atoms with Gasteiger partial charge in [0.15, 0.2) is 0 Å². The van der Waals surface area contributed by atoms with Crippen LogP contribution >= 0.6 is 0 Å². The Bertz CT molecular complexity index is 1500. The summed E-state index contributed by atoms with van der Waals surface area (Å²) in [4.78, 5) is -0.138. The van der Waals surface area contributed by atoms with Gasteiger partial charge >= 0.3 is 37.7 Å². The van der Waals surface area contributed by atoms with E-state index in [1.807, 2.05) is 76.2 Å². The van der Waals surface area contributed by atoms with Crippen LogP contribution in [0, 0.1) is 0 Å². The summed E-state index contributed by atoms with van der Waals surface area (Å²) in [5.41, 5.74) is 3.05. The van der Waals surface area contributed by atoms with Crippen molar-refractivity contribution < 1.29 is 25.9 Å². The molecule has 0 heterocycles. The molecule has 0 amide bonds. The van der Waals surface area contributed by atoms with Crippen molar-refractivity contribution >= 4 is 79.5 Å². The van der Waals surface area contributed by atoms with Crippen LogP contribution in [0.25, 0.3) is 21.5 Å². The molecule has 0 N–H and O–H groups in total. The minimum absolute atomic E-state index is 0. The molecule has 0 bridgehead atoms. The molecule has 4 rings (SSSR count). The molecule has 0 spiro atoms. The second kappa shape index (κ2) is 13.0. The molecule has 0 fully saturated rings. The number of aryl methyl sites for hydroxylation is 4. The topological polar surface area (TPSA) is 114 Å². The summed E-state index contributed by atoms with van der Waals surface area (Å²) in [5.74, 6) is 0. The van der Waals surface area contributed by atoms with Crippen molar-refractivity contribution in [2.45, 2.75) is 63.2 Å². The van der Waals surface area contributed by atoms with Crippen molar-refractivity contribution in [2.75, 3.05) is 0 Å². The third kappa shape index (κ3) is 6.92. The molecule has 0 radical (unpaired) electrons. The average molecular weight is 567 g/mol. The molecule has 0 atom stereocenters. The van der Waals surface area contributed by atoms with Gasteiger partial charge in [0.2, 0.25) is 0 Å². The molecule has 0 aliphatic rings. The van der Waals surface area contributed by atoms with Gasteiger partial charge in [0, 0.05) is 0 Å². The number of hydrogen-bond acceptors (Lipinski definition) is 6. The van der Waals surface area contributed by atoms with E-state index in [4.69, 9.17) is 0 Å². The average Bonchev–Trinajstić information content (AvgIpc) is 2.85. The van der Waals surface area contributed by atoms with Crippen molar-refractivity contribution in [3.05, 3.63) is 82.9 Å². The van der Waals surface area contributed by atoms with E-state index in [1.165, 1.54) is 12.1 Å². The van der Waals surface area contributed by atoms with Gasteiger partial charge in [0.05, 0.1) is 9.79 Å². The first-order valence-corrected chi connectivity index (χ1v) is 14.8. The van der Waals surface area contributed by atoms with Gasteiger partial charge in [-0.05, 0) is 81.6 Å². The van der Waals surface area contributed by atoms with Crippen molar-refractivity contribution in [2.24, 2.45) is 0 Å². The predicted octanol–water partition coefficient (Wildman–Crippen LogP) is 5.36. The summed E-state index contributed by atoms with van der Waals surface area (Å²) >= 11 is 0. The zero-order valence-electron chi connectivity index (χ0n) is 21.6. The molecule has 4 aromatic rings. The molecule has 192 valence electrons. The first kappa shape index (κ1) is 31.7. The molecule has 0 aliphatic heterocycles. The number of fused-ring (bicyclic) bond motifs is 2. The second-order valence-corrected chi connectivity index (χ2v) is 11.1. The van der Waals surface area contributed by atoms with Crippen molar-refractivity contribution in [1.29, 1.82) is 0 Å². The molecule has 9 heteroatoms. The van der Waals surface area contributed by atoms with Crippen molar-refractivity contribution in [3.8, 4) is 0 Å². The van der Waals surface area contributed by atoms with E-state index >= 15 is 0 Å². The molecule has 6 nitrogen and oxygen atoms in total. The van der Waals surface area contributed by atoms with Crippen molar-refractivity contribution in [3.63, 3.8) is 0 Å². The van der Waals surface area contributed by atoms with Gasteiger partial charge in [-0.15, -0.1) is 0 Å². The fourth-order valence-electron chi connectivity index (χ4n) is 4.72. The minimum Gasteiger partial charge on any atom is -0.744 e. The Hall–Kier alpha value is -1.52. The van der Waals surface area contributed by atoms with Gasteiger partial charge in [0.1, 0.15) is 20.2 Å². The van der Waals surface area contributed by atoms with Crippen LogP contribution in [0.4, 0.5) is 0 Å². The number of hydrogen-bond donors (Lipinski definition) is 0. The Balaban J connectivity index is 0.000000253. The summed E-state index contributed by atoms with van der Waals surface area (Å²) in [5, 5.41) is 3.80. The Morgan fingerprint density at radius 1 is 0.541 bits per heavy atom. The quantitative estimate of drug-likeness (QED) is 0.229. The van der Waals surface area contributed by atoms with Crippen LogP contribution in [0.3, 0.4) is 0 Å². The molecular weight excluding hydrogens is 537 g/mol. The third-order valence-electron chi connectivity index (χ3n) is 6.41. The molecule has 0 aliphatic carbocycles. The van der Waals surface area contributed by atoms with Crippen molar-refractivity contribution in [1.82, 2.24) is 0 Å². The summed E-state index contributed by atoms with van der Waals surface area (Å²) in [6, 6.07) is 18.3. The molecular formula is C28H30CaO6S2. The Labute approximate surface area is 249 Å². The van der Waals surface area contributed by atoms with Gasteiger partial charge in [-0.3, -0.25) is 0 Å². The minimum atomic E-state index is -4.42. The summed E-state index contributed by atoms with van der Waals surface area (Å²) in [6.45, 7) is 7.63. The van der Waals surface area contributed by atoms with Gasteiger partial charge in [-0.2, -0.15) is 0 Å². The van der Waals surface area contributed by atoms with Crippen LogP contribution in [0.2, 0.25) is 0 Å². The van der Waals surface area contributed by atoms with Crippen LogP contribution in [0.1, 0.15) is 49.9 Å². The normalized spacial score (nSPS) is 11.6. The zero-order chi connectivity index (χ0) is 26.7. The maximum Gasteiger partial charge on any atom is 2.00 e. The monoisotopic (exact) mass is 566 g/mol. The molecule has 0 unspecified atom stereocenters. The second-order valence-electron chi connectivity index (χ2n) is 8.44.